The molecule has 84 valence electrons. The molecule has 0 aromatic heterocycles. The van der Waals surface area contributed by atoms with Crippen molar-refractivity contribution in [3.63, 3.8) is 0 Å². The highest BCUT2D eigenvalue weighted by atomic mass is 15.2. The molecule has 1 saturated heterocycles. The Labute approximate surface area is 88.8 Å². The summed E-state index contributed by atoms with van der Waals surface area (Å²) in [5, 5.41) is 0. The third-order valence-corrected chi connectivity index (χ3v) is 3.84. The van der Waals surface area contributed by atoms with Crippen LogP contribution in [0.25, 0.3) is 0 Å². The van der Waals surface area contributed by atoms with Crippen LogP contribution in [0.1, 0.15) is 47.0 Å². The molecule has 0 aromatic carbocycles. The van der Waals surface area contributed by atoms with E-state index in [1.54, 1.807) is 0 Å². The van der Waals surface area contributed by atoms with E-state index in [4.69, 9.17) is 5.73 Å². The summed E-state index contributed by atoms with van der Waals surface area (Å²) in [5.74, 6) is 0. The largest absolute Gasteiger partial charge is 0.327 e. The van der Waals surface area contributed by atoms with Gasteiger partial charge in [-0.05, 0) is 45.6 Å². The van der Waals surface area contributed by atoms with Crippen LogP contribution in [0.3, 0.4) is 0 Å². The van der Waals surface area contributed by atoms with Gasteiger partial charge in [0.2, 0.25) is 0 Å². The predicted molar refractivity (Wildman–Crippen MR) is 62.3 cm³/mol. The third kappa shape index (κ3) is 2.71. The van der Waals surface area contributed by atoms with Crippen molar-refractivity contribution in [3.05, 3.63) is 0 Å². The zero-order valence-corrected chi connectivity index (χ0v) is 10.2. The van der Waals surface area contributed by atoms with E-state index in [1.165, 1.54) is 32.4 Å². The van der Waals surface area contributed by atoms with E-state index in [1.807, 2.05) is 0 Å². The molecule has 0 spiro atoms. The van der Waals surface area contributed by atoms with Crippen molar-refractivity contribution in [3.8, 4) is 0 Å². The summed E-state index contributed by atoms with van der Waals surface area (Å²) in [6.07, 6.45) is 3.95. The molecule has 0 aliphatic carbocycles. The average Bonchev–Trinajstić information content (AvgIpc) is 2.28. The summed E-state index contributed by atoms with van der Waals surface area (Å²) in [6, 6.07) is 0.966. The topological polar surface area (TPSA) is 29.3 Å². The number of hydrogen-bond donors (Lipinski definition) is 1. The smallest absolute Gasteiger partial charge is 0.00766 e. The quantitative estimate of drug-likeness (QED) is 0.737. The molecule has 0 radical (unpaired) electrons. The number of hydrogen-bond acceptors (Lipinski definition) is 2. The summed E-state index contributed by atoms with van der Waals surface area (Å²) in [6.45, 7) is 11.5. The Balaban J connectivity index is 2.68. The van der Waals surface area contributed by atoms with Gasteiger partial charge in [0.15, 0.2) is 0 Å². The summed E-state index contributed by atoms with van der Waals surface area (Å²) in [4.78, 5) is 2.58. The van der Waals surface area contributed by atoms with Gasteiger partial charge >= 0.3 is 0 Å². The number of rotatable bonds is 2. The van der Waals surface area contributed by atoms with Crippen LogP contribution >= 0.6 is 0 Å². The van der Waals surface area contributed by atoms with Gasteiger partial charge in [-0.25, -0.2) is 0 Å². The predicted octanol–water partition coefficient (Wildman–Crippen LogP) is 2.23. The Morgan fingerprint density at radius 2 is 1.86 bits per heavy atom. The number of nitrogens with zero attached hydrogens (tertiary/aromatic N) is 1. The van der Waals surface area contributed by atoms with E-state index < -0.39 is 0 Å². The Bertz CT molecular complexity index is 177. The monoisotopic (exact) mass is 198 g/mol. The van der Waals surface area contributed by atoms with Crippen LogP contribution in [0.5, 0.6) is 0 Å². The molecule has 1 fully saturated rings. The van der Waals surface area contributed by atoms with Gasteiger partial charge in [-0.1, -0.05) is 13.3 Å². The molecule has 2 N–H and O–H groups in total. The lowest BCUT2D eigenvalue weighted by Gasteiger charge is -2.37. The maximum Gasteiger partial charge on any atom is 0.00766 e. The molecule has 2 unspecified atom stereocenters. The second kappa shape index (κ2) is 4.63. The highest BCUT2D eigenvalue weighted by Gasteiger charge is 2.33. The normalized spacial score (nSPS) is 33.0. The van der Waals surface area contributed by atoms with Crippen LogP contribution in [-0.4, -0.2) is 30.1 Å². The van der Waals surface area contributed by atoms with E-state index in [9.17, 15) is 0 Å². The molecule has 0 saturated carbocycles. The summed E-state index contributed by atoms with van der Waals surface area (Å²) < 4.78 is 0. The second-order valence-corrected chi connectivity index (χ2v) is 5.46. The van der Waals surface area contributed by atoms with Gasteiger partial charge in [-0.2, -0.15) is 0 Å². The molecule has 1 aliphatic rings. The minimum Gasteiger partial charge on any atom is -0.327 e. The van der Waals surface area contributed by atoms with Crippen LogP contribution in [-0.2, 0) is 0 Å². The van der Waals surface area contributed by atoms with Crippen LogP contribution in [0.2, 0.25) is 0 Å². The van der Waals surface area contributed by atoms with Crippen LogP contribution in [0.4, 0.5) is 0 Å². The molecule has 1 heterocycles. The number of nitrogens with two attached hydrogens (primary N) is 1. The van der Waals surface area contributed by atoms with Gasteiger partial charge in [0.05, 0.1) is 0 Å². The minimum atomic E-state index is 0.307. The molecule has 0 amide bonds. The van der Waals surface area contributed by atoms with Gasteiger partial charge < -0.3 is 10.6 Å². The summed E-state index contributed by atoms with van der Waals surface area (Å²) >= 11 is 0. The lowest BCUT2D eigenvalue weighted by atomic mass is 9.79. The van der Waals surface area contributed by atoms with E-state index >= 15 is 0 Å². The first-order valence-corrected chi connectivity index (χ1v) is 5.95. The van der Waals surface area contributed by atoms with Crippen molar-refractivity contribution in [2.45, 2.75) is 59.0 Å². The van der Waals surface area contributed by atoms with E-state index in [-0.39, 0.29) is 0 Å². The van der Waals surface area contributed by atoms with E-state index in [0.717, 1.165) is 0 Å². The van der Waals surface area contributed by atoms with Crippen molar-refractivity contribution >= 4 is 0 Å². The molecule has 2 nitrogen and oxygen atoms in total. The maximum atomic E-state index is 6.11. The summed E-state index contributed by atoms with van der Waals surface area (Å²) in [5.41, 5.74) is 6.43. The molecular weight excluding hydrogens is 172 g/mol. The fraction of sp³-hybridized carbons (Fsp3) is 1.00. The first-order chi connectivity index (χ1) is 6.46. The van der Waals surface area contributed by atoms with Crippen LogP contribution in [0.15, 0.2) is 0 Å². The standard InChI is InChI=1S/C12H26N2/c1-10(2)14-8-6-5-7-12(4,9-14)11(3)13/h10-11H,5-9,13H2,1-4H3. The summed E-state index contributed by atoms with van der Waals surface area (Å²) in [7, 11) is 0. The molecule has 0 aromatic rings. The third-order valence-electron chi connectivity index (χ3n) is 3.84. The van der Waals surface area contributed by atoms with E-state index in [0.29, 0.717) is 17.5 Å². The maximum absolute atomic E-state index is 6.11. The SMILES string of the molecule is CC(C)N1CCCCC(C)(C(C)N)C1. The van der Waals surface area contributed by atoms with Crippen molar-refractivity contribution in [1.29, 1.82) is 0 Å². The van der Waals surface area contributed by atoms with Gasteiger partial charge in [0, 0.05) is 18.6 Å². The van der Waals surface area contributed by atoms with Crippen molar-refractivity contribution in [2.24, 2.45) is 11.1 Å². The fourth-order valence-corrected chi connectivity index (χ4v) is 2.28. The van der Waals surface area contributed by atoms with Gasteiger partial charge in [0.1, 0.15) is 0 Å². The zero-order valence-electron chi connectivity index (χ0n) is 10.2. The Kier molecular flexibility index (Phi) is 3.96. The van der Waals surface area contributed by atoms with E-state index in [2.05, 4.69) is 32.6 Å². The molecule has 0 bridgehead atoms. The fourth-order valence-electron chi connectivity index (χ4n) is 2.28. The Morgan fingerprint density at radius 1 is 1.21 bits per heavy atom. The van der Waals surface area contributed by atoms with Gasteiger partial charge in [-0.3, -0.25) is 0 Å². The molecule has 2 heteroatoms. The zero-order chi connectivity index (χ0) is 10.8. The highest BCUT2D eigenvalue weighted by molar-refractivity contribution is 4.88. The first kappa shape index (κ1) is 12.0. The van der Waals surface area contributed by atoms with Crippen LogP contribution < -0.4 is 5.73 Å². The minimum absolute atomic E-state index is 0.307. The second-order valence-electron chi connectivity index (χ2n) is 5.46. The molecular formula is C12H26N2. The van der Waals surface area contributed by atoms with Crippen molar-refractivity contribution < 1.29 is 0 Å². The van der Waals surface area contributed by atoms with Crippen LogP contribution in [0, 0.1) is 5.41 Å². The first-order valence-electron chi connectivity index (χ1n) is 5.95. The van der Waals surface area contributed by atoms with Crippen molar-refractivity contribution in [1.82, 2.24) is 4.90 Å². The highest BCUT2D eigenvalue weighted by Crippen LogP contribution is 2.32. The Morgan fingerprint density at radius 3 is 2.36 bits per heavy atom. The lowest BCUT2D eigenvalue weighted by molar-refractivity contribution is 0.130. The van der Waals surface area contributed by atoms with Gasteiger partial charge in [0.25, 0.3) is 0 Å². The molecule has 1 rings (SSSR count). The lowest BCUT2D eigenvalue weighted by Crippen LogP contribution is -2.46. The number of likely N-dealkylation sites (tertiary alicyclic amines) is 1. The van der Waals surface area contributed by atoms with Gasteiger partial charge in [-0.15, -0.1) is 0 Å². The van der Waals surface area contributed by atoms with Crippen molar-refractivity contribution in [2.75, 3.05) is 13.1 Å². The average molecular weight is 198 g/mol. The molecule has 14 heavy (non-hydrogen) atoms. The molecule has 2 atom stereocenters. The molecule has 1 aliphatic heterocycles. The Hall–Kier alpha value is -0.0800.